The van der Waals surface area contributed by atoms with Crippen LogP contribution in [-0.4, -0.2) is 29.8 Å². The largest absolute Gasteiger partial charge is 0.462 e. The predicted octanol–water partition coefficient (Wildman–Crippen LogP) is 3.47. The van der Waals surface area contributed by atoms with Gasteiger partial charge in [0.05, 0.1) is 11.7 Å². The summed E-state index contributed by atoms with van der Waals surface area (Å²) in [6.45, 7) is 4.77. The Bertz CT molecular complexity index is 1170. The number of esters is 2. The van der Waals surface area contributed by atoms with Crippen molar-refractivity contribution in [3.8, 4) is 0 Å². The zero-order valence-corrected chi connectivity index (χ0v) is 18.5. The summed E-state index contributed by atoms with van der Waals surface area (Å²) in [5.74, 6) is -4.19. The molecule has 0 saturated heterocycles. The molecule has 2 unspecified atom stereocenters. The normalized spacial score (nSPS) is 21.5. The molecule has 0 aliphatic carbocycles. The third-order valence-electron chi connectivity index (χ3n) is 5.67. The van der Waals surface area contributed by atoms with E-state index in [2.05, 4.69) is 5.32 Å². The number of hydrogen-bond acceptors (Lipinski definition) is 7. The molecule has 0 radical (unpaired) electrons. The summed E-state index contributed by atoms with van der Waals surface area (Å²) in [5.41, 5.74) is -0.381. The number of hydrogen-bond donors (Lipinski definition) is 2. The van der Waals surface area contributed by atoms with Crippen LogP contribution in [0.25, 0.3) is 0 Å². The summed E-state index contributed by atoms with van der Waals surface area (Å²) < 4.78 is 16.5. The molecule has 2 N–H and O–H groups in total. The monoisotopic (exact) mass is 448 g/mol. The second-order valence-electron chi connectivity index (χ2n) is 8.19. The molecule has 2 aromatic carbocycles. The topological polar surface area (TPSA) is 115 Å². The van der Waals surface area contributed by atoms with E-state index in [0.29, 0.717) is 11.3 Å². The fourth-order valence-electron chi connectivity index (χ4n) is 4.39. The first kappa shape index (κ1) is 22.3. The Morgan fingerprint density at radius 3 is 2.48 bits per heavy atom. The molecule has 0 saturated carbocycles. The lowest BCUT2D eigenvalue weighted by Crippen LogP contribution is -2.56. The Labute approximate surface area is 191 Å². The molecule has 170 valence electrons. The summed E-state index contributed by atoms with van der Waals surface area (Å²) in [6.07, 6.45) is -0.498. The maximum absolute atomic E-state index is 13.6. The summed E-state index contributed by atoms with van der Waals surface area (Å²) in [4.78, 5) is 40.2. The van der Waals surface area contributed by atoms with Gasteiger partial charge in [-0.05, 0) is 38.0 Å². The maximum Gasteiger partial charge on any atom is 0.339 e. The molecule has 2 atom stereocenters. The van der Waals surface area contributed by atoms with Crippen molar-refractivity contribution in [1.82, 2.24) is 0 Å². The molecule has 1 spiro atoms. The minimum absolute atomic E-state index is 0.0264. The first-order valence-electron chi connectivity index (χ1n) is 10.6. The number of fused-ring (bicyclic) bond motifs is 2. The van der Waals surface area contributed by atoms with Gasteiger partial charge in [-0.2, -0.15) is 0 Å². The standard InChI is InChI=1S/C25H24N2O6/c1-14(2)32-23(29)20-21(26)33-15(3)19(22(28)31-13-16-9-5-4-6-10-16)25(20)17-11-7-8-12-18(17)27-24(25)30/h4-12,14,20,26H,13H2,1-3H3,(H,27,30). The number of amides is 1. The smallest absolute Gasteiger partial charge is 0.339 e. The van der Waals surface area contributed by atoms with Crippen LogP contribution in [0.1, 0.15) is 31.9 Å². The SMILES string of the molecule is CC1=C(C(=O)OCc2ccccc2)C2(C(=O)Nc3ccccc32)C(C(=O)OC(C)C)C(=N)O1. The summed E-state index contributed by atoms with van der Waals surface area (Å²) >= 11 is 0. The number of anilines is 1. The molecule has 2 aliphatic rings. The van der Waals surface area contributed by atoms with Crippen molar-refractivity contribution in [2.75, 3.05) is 5.32 Å². The van der Waals surface area contributed by atoms with Crippen LogP contribution in [-0.2, 0) is 40.6 Å². The van der Waals surface area contributed by atoms with Crippen molar-refractivity contribution in [2.45, 2.75) is 38.9 Å². The van der Waals surface area contributed by atoms with Gasteiger partial charge < -0.3 is 19.5 Å². The highest BCUT2D eigenvalue weighted by Crippen LogP contribution is 2.52. The van der Waals surface area contributed by atoms with Gasteiger partial charge in [-0.3, -0.25) is 15.0 Å². The molecule has 0 aromatic heterocycles. The van der Waals surface area contributed by atoms with E-state index < -0.39 is 41.2 Å². The lowest BCUT2D eigenvalue weighted by molar-refractivity contribution is -0.155. The number of ether oxygens (including phenoxy) is 3. The molecule has 2 aliphatic heterocycles. The predicted molar refractivity (Wildman–Crippen MR) is 119 cm³/mol. The Hall–Kier alpha value is -3.94. The Morgan fingerprint density at radius 1 is 1.12 bits per heavy atom. The average molecular weight is 448 g/mol. The van der Waals surface area contributed by atoms with Gasteiger partial charge >= 0.3 is 11.9 Å². The number of benzene rings is 2. The molecule has 33 heavy (non-hydrogen) atoms. The molecular formula is C25H24N2O6. The van der Waals surface area contributed by atoms with Gasteiger partial charge in [0, 0.05) is 5.69 Å². The van der Waals surface area contributed by atoms with E-state index in [0.717, 1.165) is 5.56 Å². The van der Waals surface area contributed by atoms with Crippen LogP contribution in [0.15, 0.2) is 65.9 Å². The van der Waals surface area contributed by atoms with Gasteiger partial charge in [0.2, 0.25) is 11.8 Å². The van der Waals surface area contributed by atoms with E-state index in [1.165, 1.54) is 6.92 Å². The van der Waals surface area contributed by atoms with E-state index in [9.17, 15) is 14.4 Å². The highest BCUT2D eigenvalue weighted by molar-refractivity contribution is 6.21. The first-order valence-corrected chi connectivity index (χ1v) is 10.6. The Balaban J connectivity index is 1.86. The second kappa shape index (κ2) is 8.54. The molecular weight excluding hydrogens is 424 g/mol. The fourth-order valence-corrected chi connectivity index (χ4v) is 4.39. The summed E-state index contributed by atoms with van der Waals surface area (Å²) in [5, 5.41) is 11.2. The van der Waals surface area contributed by atoms with Crippen molar-refractivity contribution in [3.05, 3.63) is 77.1 Å². The zero-order valence-electron chi connectivity index (χ0n) is 18.5. The molecule has 0 fully saturated rings. The van der Waals surface area contributed by atoms with Crippen LogP contribution < -0.4 is 5.32 Å². The number of carbonyl (C=O) groups is 3. The lowest BCUT2D eigenvalue weighted by atomic mass is 9.64. The highest BCUT2D eigenvalue weighted by Gasteiger charge is 2.65. The number of rotatable bonds is 5. The molecule has 4 rings (SSSR count). The fraction of sp³-hybridized carbons (Fsp3) is 0.280. The van der Waals surface area contributed by atoms with Crippen LogP contribution >= 0.6 is 0 Å². The van der Waals surface area contributed by atoms with Gasteiger partial charge in [-0.15, -0.1) is 0 Å². The van der Waals surface area contributed by atoms with E-state index in [1.54, 1.807) is 50.2 Å². The van der Waals surface area contributed by atoms with Gasteiger partial charge in [0.15, 0.2) is 5.92 Å². The quantitative estimate of drug-likeness (QED) is 0.677. The van der Waals surface area contributed by atoms with Crippen molar-refractivity contribution in [2.24, 2.45) is 5.92 Å². The molecule has 2 heterocycles. The van der Waals surface area contributed by atoms with E-state index in [-0.39, 0.29) is 17.9 Å². The molecule has 8 heteroatoms. The molecule has 2 aromatic rings. The average Bonchev–Trinajstić information content (AvgIpc) is 3.04. The van der Waals surface area contributed by atoms with E-state index >= 15 is 0 Å². The number of allylic oxidation sites excluding steroid dienone is 1. The zero-order chi connectivity index (χ0) is 23.8. The van der Waals surface area contributed by atoms with Gasteiger partial charge in [-0.25, -0.2) is 4.79 Å². The third-order valence-corrected chi connectivity index (χ3v) is 5.67. The molecule has 8 nitrogen and oxygen atoms in total. The Kier molecular flexibility index (Phi) is 5.76. The summed E-state index contributed by atoms with van der Waals surface area (Å²) in [6, 6.07) is 15.8. The minimum Gasteiger partial charge on any atom is -0.462 e. The van der Waals surface area contributed by atoms with Crippen molar-refractivity contribution >= 4 is 29.4 Å². The van der Waals surface area contributed by atoms with Gasteiger partial charge in [0.1, 0.15) is 17.8 Å². The van der Waals surface area contributed by atoms with Crippen LogP contribution in [0.2, 0.25) is 0 Å². The van der Waals surface area contributed by atoms with Crippen molar-refractivity contribution in [3.63, 3.8) is 0 Å². The van der Waals surface area contributed by atoms with Crippen LogP contribution in [0.4, 0.5) is 5.69 Å². The first-order chi connectivity index (χ1) is 15.8. The highest BCUT2D eigenvalue weighted by atomic mass is 16.6. The third kappa shape index (κ3) is 3.67. The Morgan fingerprint density at radius 2 is 1.79 bits per heavy atom. The summed E-state index contributed by atoms with van der Waals surface area (Å²) in [7, 11) is 0. The lowest BCUT2D eigenvalue weighted by Gasteiger charge is -2.39. The van der Waals surface area contributed by atoms with Crippen LogP contribution in [0, 0.1) is 11.3 Å². The second-order valence-corrected chi connectivity index (χ2v) is 8.19. The van der Waals surface area contributed by atoms with Crippen molar-refractivity contribution < 1.29 is 28.6 Å². The molecule has 0 bridgehead atoms. The van der Waals surface area contributed by atoms with E-state index in [4.69, 9.17) is 19.6 Å². The maximum atomic E-state index is 13.6. The van der Waals surface area contributed by atoms with E-state index in [1.807, 2.05) is 18.2 Å². The van der Waals surface area contributed by atoms with Crippen LogP contribution in [0.3, 0.4) is 0 Å². The van der Waals surface area contributed by atoms with Crippen molar-refractivity contribution in [1.29, 1.82) is 5.41 Å². The minimum atomic E-state index is -1.85. The number of para-hydroxylation sites is 1. The number of carbonyl (C=O) groups excluding carboxylic acids is 3. The van der Waals surface area contributed by atoms with Gasteiger partial charge in [0.25, 0.3) is 0 Å². The molecule has 1 amide bonds. The van der Waals surface area contributed by atoms with Gasteiger partial charge in [-0.1, -0.05) is 48.5 Å². The van der Waals surface area contributed by atoms with Crippen LogP contribution in [0.5, 0.6) is 0 Å². The number of nitrogens with one attached hydrogen (secondary N) is 2.